The van der Waals surface area contributed by atoms with Crippen molar-refractivity contribution in [2.24, 2.45) is 5.41 Å². The van der Waals surface area contributed by atoms with Gasteiger partial charge in [-0.2, -0.15) is 4.98 Å². The van der Waals surface area contributed by atoms with Gasteiger partial charge in [0.2, 0.25) is 11.8 Å². The Bertz CT molecular complexity index is 929. The van der Waals surface area contributed by atoms with E-state index in [1.165, 1.54) is 0 Å². The Kier molecular flexibility index (Phi) is 5.71. The molecule has 1 amide bonds. The van der Waals surface area contributed by atoms with Gasteiger partial charge in [0.1, 0.15) is 0 Å². The Morgan fingerprint density at radius 1 is 0.967 bits per heavy atom. The Morgan fingerprint density at radius 2 is 1.50 bits per heavy atom. The van der Waals surface area contributed by atoms with Crippen LogP contribution in [0.5, 0.6) is 0 Å². The number of carbonyl (C=O) groups excluding carboxylic acids is 1. The maximum absolute atomic E-state index is 12.5. The summed E-state index contributed by atoms with van der Waals surface area (Å²) in [6.45, 7) is 7.38. The fourth-order valence-corrected chi connectivity index (χ4v) is 4.12. The molecule has 3 aromatic rings. The topological polar surface area (TPSA) is 59.2 Å². The van der Waals surface area contributed by atoms with Gasteiger partial charge in [-0.05, 0) is 24.0 Å². The highest BCUT2D eigenvalue weighted by atomic mass is 16.5. The highest BCUT2D eigenvalue weighted by Gasteiger charge is 2.33. The first-order chi connectivity index (χ1) is 14.4. The van der Waals surface area contributed by atoms with Crippen LogP contribution in [0.3, 0.4) is 0 Å². The van der Waals surface area contributed by atoms with Crippen LogP contribution in [0, 0.1) is 5.41 Å². The average Bonchev–Trinajstić information content (AvgIpc) is 3.24. The van der Waals surface area contributed by atoms with E-state index in [0.717, 1.165) is 37.1 Å². The van der Waals surface area contributed by atoms with Crippen molar-refractivity contribution in [2.45, 2.75) is 45.4 Å². The van der Waals surface area contributed by atoms with Crippen molar-refractivity contribution in [1.82, 2.24) is 15.0 Å². The van der Waals surface area contributed by atoms with E-state index in [9.17, 15) is 4.79 Å². The molecule has 5 nitrogen and oxygen atoms in total. The van der Waals surface area contributed by atoms with Crippen molar-refractivity contribution >= 4 is 5.91 Å². The molecule has 5 heteroatoms. The number of nitrogens with zero attached hydrogens (tertiary/aromatic N) is 3. The molecular formula is C25H29N3O2. The van der Waals surface area contributed by atoms with E-state index in [4.69, 9.17) is 9.51 Å². The fraction of sp³-hybridized carbons (Fsp3) is 0.400. The molecule has 0 atom stereocenters. The second kappa shape index (κ2) is 8.42. The number of benzene rings is 2. The number of aromatic nitrogens is 2. The van der Waals surface area contributed by atoms with Crippen LogP contribution in [0.25, 0.3) is 0 Å². The molecule has 0 unspecified atom stereocenters. The fourth-order valence-electron chi connectivity index (χ4n) is 4.12. The van der Waals surface area contributed by atoms with Crippen LogP contribution in [0.1, 0.15) is 68.3 Å². The number of carbonyl (C=O) groups is 1. The van der Waals surface area contributed by atoms with Crippen molar-refractivity contribution in [3.63, 3.8) is 0 Å². The van der Waals surface area contributed by atoms with Gasteiger partial charge in [0.15, 0.2) is 5.82 Å². The van der Waals surface area contributed by atoms with Gasteiger partial charge in [-0.15, -0.1) is 0 Å². The molecule has 0 aliphatic carbocycles. The van der Waals surface area contributed by atoms with Gasteiger partial charge < -0.3 is 9.42 Å². The summed E-state index contributed by atoms with van der Waals surface area (Å²) in [6, 6.07) is 20.6. The second-order valence-electron chi connectivity index (χ2n) is 9.06. The number of likely N-dealkylation sites (tertiary alicyclic amines) is 1. The van der Waals surface area contributed by atoms with Crippen LogP contribution in [0.15, 0.2) is 65.2 Å². The quantitative estimate of drug-likeness (QED) is 0.615. The van der Waals surface area contributed by atoms with Crippen LogP contribution in [-0.2, 0) is 4.79 Å². The Balaban J connectivity index is 1.54. The number of piperidine rings is 1. The molecule has 30 heavy (non-hydrogen) atoms. The molecular weight excluding hydrogens is 374 g/mol. The summed E-state index contributed by atoms with van der Waals surface area (Å²) in [6.07, 6.45) is 1.70. The van der Waals surface area contributed by atoms with Crippen molar-refractivity contribution in [1.29, 1.82) is 0 Å². The maximum atomic E-state index is 12.5. The van der Waals surface area contributed by atoms with Crippen molar-refractivity contribution in [3.05, 3.63) is 83.5 Å². The van der Waals surface area contributed by atoms with E-state index in [2.05, 4.69) is 29.4 Å². The second-order valence-corrected chi connectivity index (χ2v) is 9.06. The third-order valence-electron chi connectivity index (χ3n) is 5.75. The van der Waals surface area contributed by atoms with Crippen LogP contribution in [0.4, 0.5) is 0 Å². The summed E-state index contributed by atoms with van der Waals surface area (Å²) in [5.74, 6) is 1.72. The summed E-state index contributed by atoms with van der Waals surface area (Å²) in [4.78, 5) is 19.3. The first-order valence-corrected chi connectivity index (χ1v) is 10.7. The summed E-state index contributed by atoms with van der Waals surface area (Å²) in [7, 11) is 0. The van der Waals surface area contributed by atoms with Crippen LogP contribution in [0.2, 0.25) is 0 Å². The van der Waals surface area contributed by atoms with E-state index in [1.807, 2.05) is 62.1 Å². The molecule has 156 valence electrons. The minimum atomic E-state index is -0.344. The predicted molar refractivity (Wildman–Crippen MR) is 116 cm³/mol. The first kappa shape index (κ1) is 20.3. The molecule has 0 saturated carbocycles. The molecule has 1 aliphatic rings. The van der Waals surface area contributed by atoms with Crippen LogP contribution < -0.4 is 0 Å². The lowest BCUT2D eigenvalue weighted by molar-refractivity contribution is -0.140. The summed E-state index contributed by atoms with van der Waals surface area (Å²) in [5.41, 5.74) is 1.94. The molecule has 0 N–H and O–H groups in total. The zero-order valence-corrected chi connectivity index (χ0v) is 17.9. The minimum Gasteiger partial charge on any atom is -0.342 e. The van der Waals surface area contributed by atoms with E-state index in [-0.39, 0.29) is 23.2 Å². The van der Waals surface area contributed by atoms with Gasteiger partial charge in [-0.1, -0.05) is 86.6 Å². The Morgan fingerprint density at radius 3 is 2.00 bits per heavy atom. The monoisotopic (exact) mass is 403 g/mol. The zero-order valence-electron chi connectivity index (χ0n) is 17.9. The molecule has 1 aromatic heterocycles. The summed E-state index contributed by atoms with van der Waals surface area (Å²) in [5, 5.41) is 4.37. The SMILES string of the molecule is CC(C)(C)C(=O)N1CCC(c2nc(C(c3ccccc3)c3ccccc3)no2)CC1. The van der Waals surface area contributed by atoms with E-state index in [0.29, 0.717) is 11.7 Å². The van der Waals surface area contributed by atoms with Crippen molar-refractivity contribution in [2.75, 3.05) is 13.1 Å². The zero-order chi connectivity index (χ0) is 21.1. The smallest absolute Gasteiger partial charge is 0.229 e. The molecule has 0 spiro atoms. The van der Waals surface area contributed by atoms with Crippen molar-refractivity contribution < 1.29 is 9.32 Å². The molecule has 2 aromatic carbocycles. The van der Waals surface area contributed by atoms with E-state index in [1.54, 1.807) is 0 Å². The van der Waals surface area contributed by atoms with Gasteiger partial charge in [-0.25, -0.2) is 0 Å². The maximum Gasteiger partial charge on any atom is 0.229 e. The normalized spacial score (nSPS) is 15.5. The molecule has 1 fully saturated rings. The number of amides is 1. The lowest BCUT2D eigenvalue weighted by atomic mass is 9.90. The van der Waals surface area contributed by atoms with E-state index >= 15 is 0 Å². The molecule has 0 bridgehead atoms. The standard InChI is InChI=1S/C25H29N3O2/c1-25(2,3)24(29)28-16-14-20(15-17-28)23-26-22(27-30-23)21(18-10-6-4-7-11-18)19-12-8-5-9-13-19/h4-13,20-21H,14-17H2,1-3H3. The van der Waals surface area contributed by atoms with Crippen molar-refractivity contribution in [3.8, 4) is 0 Å². The van der Waals surface area contributed by atoms with E-state index < -0.39 is 0 Å². The van der Waals surface area contributed by atoms with Gasteiger partial charge in [0.25, 0.3) is 0 Å². The largest absolute Gasteiger partial charge is 0.342 e. The highest BCUT2D eigenvalue weighted by molar-refractivity contribution is 5.81. The highest BCUT2D eigenvalue weighted by Crippen LogP contribution is 2.33. The third kappa shape index (κ3) is 4.30. The van der Waals surface area contributed by atoms with Gasteiger partial charge in [-0.3, -0.25) is 4.79 Å². The van der Waals surface area contributed by atoms with Crippen LogP contribution in [-0.4, -0.2) is 34.0 Å². The van der Waals surface area contributed by atoms with Gasteiger partial charge in [0.05, 0.1) is 5.92 Å². The molecule has 1 aliphatic heterocycles. The number of hydrogen-bond donors (Lipinski definition) is 0. The van der Waals surface area contributed by atoms with Gasteiger partial charge in [0, 0.05) is 24.4 Å². The summed E-state index contributed by atoms with van der Waals surface area (Å²) < 4.78 is 5.73. The molecule has 0 radical (unpaired) electrons. The molecule has 1 saturated heterocycles. The number of rotatable bonds is 4. The minimum absolute atomic E-state index is 0.0625. The lowest BCUT2D eigenvalue weighted by Gasteiger charge is -2.34. The van der Waals surface area contributed by atoms with Crippen LogP contribution >= 0.6 is 0 Å². The summed E-state index contributed by atoms with van der Waals surface area (Å²) >= 11 is 0. The third-order valence-corrected chi connectivity index (χ3v) is 5.75. The first-order valence-electron chi connectivity index (χ1n) is 10.7. The molecule has 4 rings (SSSR count). The Hall–Kier alpha value is -2.95. The lowest BCUT2D eigenvalue weighted by Crippen LogP contribution is -2.43. The number of hydrogen-bond acceptors (Lipinski definition) is 4. The average molecular weight is 404 g/mol. The predicted octanol–water partition coefficient (Wildman–Crippen LogP) is 5.00. The Labute approximate surface area is 178 Å². The van der Waals surface area contributed by atoms with Gasteiger partial charge >= 0.3 is 0 Å². The molecule has 2 heterocycles.